The molecule has 2 aliphatic heterocycles. The molecule has 0 aliphatic carbocycles. The van der Waals surface area contributed by atoms with E-state index in [1.54, 1.807) is 11.3 Å². The summed E-state index contributed by atoms with van der Waals surface area (Å²) < 4.78 is 0.299. The van der Waals surface area contributed by atoms with E-state index in [-0.39, 0.29) is 0 Å². The van der Waals surface area contributed by atoms with Crippen LogP contribution in [0.15, 0.2) is 16.6 Å². The summed E-state index contributed by atoms with van der Waals surface area (Å²) in [5, 5.41) is 3.14. The lowest BCUT2D eigenvalue weighted by molar-refractivity contribution is 0.380. The largest absolute Gasteiger partial charge is 0.370 e. The van der Waals surface area contributed by atoms with Crippen molar-refractivity contribution in [2.45, 2.75) is 24.5 Å². The third-order valence-corrected chi connectivity index (χ3v) is 6.52. The predicted octanol–water partition coefficient (Wildman–Crippen LogP) is 1.87. The van der Waals surface area contributed by atoms with Crippen molar-refractivity contribution in [2.75, 3.05) is 43.4 Å². The molecule has 1 aromatic heterocycles. The molecule has 1 atom stereocenters. The van der Waals surface area contributed by atoms with Crippen LogP contribution >= 0.6 is 23.1 Å². The summed E-state index contributed by atoms with van der Waals surface area (Å²) in [5.74, 6) is 1.97. The molecule has 2 saturated heterocycles. The van der Waals surface area contributed by atoms with Gasteiger partial charge in [0.15, 0.2) is 11.1 Å². The fourth-order valence-electron chi connectivity index (χ4n) is 2.81. The van der Waals surface area contributed by atoms with Gasteiger partial charge in [0.05, 0.1) is 6.54 Å². The van der Waals surface area contributed by atoms with Gasteiger partial charge in [-0.3, -0.25) is 4.99 Å². The van der Waals surface area contributed by atoms with Crippen LogP contribution in [0.3, 0.4) is 0 Å². The molecule has 0 aromatic carbocycles. The maximum Gasteiger partial charge on any atom is 0.191 e. The van der Waals surface area contributed by atoms with Crippen LogP contribution in [0.5, 0.6) is 0 Å². The van der Waals surface area contributed by atoms with E-state index in [1.165, 1.54) is 18.6 Å². The van der Waals surface area contributed by atoms with E-state index < -0.39 is 0 Å². The Balaban J connectivity index is 1.51. The van der Waals surface area contributed by atoms with E-state index >= 15 is 0 Å². The quantitative estimate of drug-likeness (QED) is 0.679. The van der Waals surface area contributed by atoms with Gasteiger partial charge in [-0.15, -0.1) is 11.3 Å². The molecule has 3 rings (SSSR count). The van der Waals surface area contributed by atoms with Crippen molar-refractivity contribution in [1.82, 2.24) is 9.88 Å². The average Bonchev–Trinajstić information content (AvgIpc) is 3.17. The zero-order chi connectivity index (χ0) is 14.7. The molecular weight excluding hydrogens is 302 g/mol. The van der Waals surface area contributed by atoms with Gasteiger partial charge in [-0.25, -0.2) is 4.98 Å². The zero-order valence-electron chi connectivity index (χ0n) is 12.5. The fraction of sp³-hybridized carbons (Fsp3) is 0.714. The number of piperazine rings is 1. The van der Waals surface area contributed by atoms with Crippen LogP contribution in [-0.4, -0.2) is 59.1 Å². The molecular formula is C14H23N5S2. The number of thioether (sulfide) groups is 1. The second-order valence-electron chi connectivity index (χ2n) is 5.87. The SMILES string of the molecule is CC1(CN=C(N)N2CCN(c3nccs3)CC2)CCCS1. The molecule has 0 radical (unpaired) electrons. The summed E-state index contributed by atoms with van der Waals surface area (Å²) in [6, 6.07) is 0. The van der Waals surface area contributed by atoms with E-state index in [0.717, 1.165) is 37.9 Å². The van der Waals surface area contributed by atoms with E-state index in [0.29, 0.717) is 10.7 Å². The number of hydrogen-bond acceptors (Lipinski definition) is 5. The van der Waals surface area contributed by atoms with Crippen molar-refractivity contribution in [3.8, 4) is 0 Å². The highest BCUT2D eigenvalue weighted by Gasteiger charge is 2.29. The van der Waals surface area contributed by atoms with Crippen molar-refractivity contribution in [3.05, 3.63) is 11.6 Å². The maximum atomic E-state index is 6.18. The molecule has 2 aliphatic rings. The van der Waals surface area contributed by atoms with Crippen LogP contribution in [-0.2, 0) is 0 Å². The lowest BCUT2D eigenvalue weighted by Gasteiger charge is -2.35. The highest BCUT2D eigenvalue weighted by Crippen LogP contribution is 2.37. The molecule has 1 unspecified atom stereocenters. The normalized spacial score (nSPS) is 27.4. The summed E-state index contributed by atoms with van der Waals surface area (Å²) in [7, 11) is 0. The molecule has 0 amide bonds. The molecule has 1 aromatic rings. The van der Waals surface area contributed by atoms with E-state index in [2.05, 4.69) is 26.7 Å². The first-order valence-corrected chi connectivity index (χ1v) is 9.36. The Morgan fingerprint density at radius 2 is 2.24 bits per heavy atom. The van der Waals surface area contributed by atoms with Crippen LogP contribution in [0.1, 0.15) is 19.8 Å². The second kappa shape index (κ2) is 6.44. The molecule has 0 spiro atoms. The number of nitrogens with zero attached hydrogens (tertiary/aromatic N) is 4. The average molecular weight is 326 g/mol. The van der Waals surface area contributed by atoms with Crippen LogP contribution in [0.4, 0.5) is 5.13 Å². The molecule has 0 bridgehead atoms. The Bertz CT molecular complexity index is 474. The molecule has 0 saturated carbocycles. The maximum absolute atomic E-state index is 6.18. The van der Waals surface area contributed by atoms with Gasteiger partial charge < -0.3 is 15.5 Å². The number of aromatic nitrogens is 1. The number of thiazole rings is 1. The Morgan fingerprint density at radius 3 is 2.86 bits per heavy atom. The summed E-state index contributed by atoms with van der Waals surface area (Å²) in [6.45, 7) is 6.95. The number of rotatable bonds is 3. The van der Waals surface area contributed by atoms with Gasteiger partial charge in [-0.05, 0) is 25.5 Å². The van der Waals surface area contributed by atoms with Crippen molar-refractivity contribution in [3.63, 3.8) is 0 Å². The van der Waals surface area contributed by atoms with Gasteiger partial charge in [-0.2, -0.15) is 11.8 Å². The van der Waals surface area contributed by atoms with E-state index in [9.17, 15) is 0 Å². The van der Waals surface area contributed by atoms with Crippen LogP contribution < -0.4 is 10.6 Å². The number of hydrogen-bond donors (Lipinski definition) is 1. The standard InChI is InChI=1S/C14H23N5S2/c1-14(3-2-9-21-14)11-17-12(15)18-5-7-19(8-6-18)13-16-4-10-20-13/h4,10H,2-3,5-9,11H2,1H3,(H2,15,17). The third kappa shape index (κ3) is 3.63. The summed E-state index contributed by atoms with van der Waals surface area (Å²) in [6.07, 6.45) is 4.43. The number of aliphatic imine (C=N–C) groups is 1. The van der Waals surface area contributed by atoms with Crippen molar-refractivity contribution < 1.29 is 0 Å². The smallest absolute Gasteiger partial charge is 0.191 e. The summed E-state index contributed by atoms with van der Waals surface area (Å²) >= 11 is 3.73. The molecule has 5 nitrogen and oxygen atoms in total. The molecule has 7 heteroatoms. The molecule has 116 valence electrons. The first-order valence-electron chi connectivity index (χ1n) is 7.50. The molecule has 2 fully saturated rings. The Hall–Kier alpha value is -0.950. The van der Waals surface area contributed by atoms with Gasteiger partial charge in [-0.1, -0.05) is 0 Å². The van der Waals surface area contributed by atoms with Crippen LogP contribution in [0.25, 0.3) is 0 Å². The predicted molar refractivity (Wildman–Crippen MR) is 92.5 cm³/mol. The lowest BCUT2D eigenvalue weighted by Crippen LogP contribution is -2.51. The minimum atomic E-state index is 0.299. The zero-order valence-corrected chi connectivity index (χ0v) is 14.1. The lowest BCUT2D eigenvalue weighted by atomic mass is 10.1. The summed E-state index contributed by atoms with van der Waals surface area (Å²) in [4.78, 5) is 13.6. The minimum absolute atomic E-state index is 0.299. The van der Waals surface area contributed by atoms with Crippen molar-refractivity contribution >= 4 is 34.2 Å². The molecule has 21 heavy (non-hydrogen) atoms. The van der Waals surface area contributed by atoms with Gasteiger partial charge >= 0.3 is 0 Å². The minimum Gasteiger partial charge on any atom is -0.370 e. The highest BCUT2D eigenvalue weighted by molar-refractivity contribution is 8.00. The van der Waals surface area contributed by atoms with Crippen LogP contribution in [0, 0.1) is 0 Å². The first-order chi connectivity index (χ1) is 10.2. The van der Waals surface area contributed by atoms with Gasteiger partial charge in [0, 0.05) is 42.5 Å². The first kappa shape index (κ1) is 15.0. The topological polar surface area (TPSA) is 57.8 Å². The number of anilines is 1. The molecule has 3 heterocycles. The van der Waals surface area contributed by atoms with Crippen molar-refractivity contribution in [1.29, 1.82) is 0 Å². The summed E-state index contributed by atoms with van der Waals surface area (Å²) in [5.41, 5.74) is 6.18. The van der Waals surface area contributed by atoms with Gasteiger partial charge in [0.1, 0.15) is 0 Å². The van der Waals surface area contributed by atoms with E-state index in [1.807, 2.05) is 23.3 Å². The van der Waals surface area contributed by atoms with Gasteiger partial charge in [0.25, 0.3) is 0 Å². The van der Waals surface area contributed by atoms with Crippen molar-refractivity contribution in [2.24, 2.45) is 10.7 Å². The Labute approximate surface area is 134 Å². The fourth-order valence-corrected chi connectivity index (χ4v) is 4.73. The third-order valence-electron chi connectivity index (χ3n) is 4.17. The highest BCUT2D eigenvalue weighted by atomic mass is 32.2. The second-order valence-corrected chi connectivity index (χ2v) is 8.42. The Morgan fingerprint density at radius 1 is 1.43 bits per heavy atom. The van der Waals surface area contributed by atoms with Gasteiger partial charge in [0.2, 0.25) is 0 Å². The van der Waals surface area contributed by atoms with Crippen LogP contribution in [0.2, 0.25) is 0 Å². The monoisotopic (exact) mass is 325 g/mol. The Kier molecular flexibility index (Phi) is 4.59. The molecule has 2 N–H and O–H groups in total. The van der Waals surface area contributed by atoms with E-state index in [4.69, 9.17) is 5.73 Å². The number of guanidine groups is 1. The number of nitrogens with two attached hydrogens (primary N) is 1.